The molecule has 5 heteroatoms. The van der Waals surface area contributed by atoms with Gasteiger partial charge in [0.2, 0.25) is 5.91 Å². The molecule has 1 aromatic heterocycles. The molecule has 3 nitrogen and oxygen atoms in total. The SMILES string of the molecule is Cc1cc(Cl)nc(Cl)c1NC(=O)C(C)C. The second-order valence-corrected chi connectivity index (χ2v) is 4.32. The number of aromatic nitrogens is 1. The molecule has 0 saturated carbocycles. The topological polar surface area (TPSA) is 42.0 Å². The van der Waals surface area contributed by atoms with Crippen LogP contribution >= 0.6 is 23.2 Å². The summed E-state index contributed by atoms with van der Waals surface area (Å²) >= 11 is 11.6. The zero-order valence-electron chi connectivity index (χ0n) is 8.77. The van der Waals surface area contributed by atoms with E-state index in [-0.39, 0.29) is 17.0 Å². The summed E-state index contributed by atoms with van der Waals surface area (Å²) in [4.78, 5) is 15.3. The van der Waals surface area contributed by atoms with Crippen molar-refractivity contribution in [2.24, 2.45) is 5.92 Å². The Morgan fingerprint density at radius 1 is 1.47 bits per heavy atom. The third kappa shape index (κ3) is 3.08. The van der Waals surface area contributed by atoms with E-state index in [1.807, 2.05) is 20.8 Å². The maximum atomic E-state index is 11.5. The lowest BCUT2D eigenvalue weighted by atomic mass is 10.2. The summed E-state index contributed by atoms with van der Waals surface area (Å²) in [6, 6.07) is 1.66. The number of rotatable bonds is 2. The molecule has 0 aliphatic heterocycles. The first-order valence-electron chi connectivity index (χ1n) is 4.55. The fourth-order valence-corrected chi connectivity index (χ4v) is 1.59. The van der Waals surface area contributed by atoms with E-state index >= 15 is 0 Å². The summed E-state index contributed by atoms with van der Waals surface area (Å²) in [6.45, 7) is 5.43. The minimum absolute atomic E-state index is 0.0934. The van der Waals surface area contributed by atoms with Gasteiger partial charge in [-0.3, -0.25) is 4.79 Å². The van der Waals surface area contributed by atoms with Crippen LogP contribution in [-0.4, -0.2) is 10.9 Å². The van der Waals surface area contributed by atoms with Crippen molar-refractivity contribution in [3.63, 3.8) is 0 Å². The van der Waals surface area contributed by atoms with Crippen LogP contribution in [0.15, 0.2) is 6.07 Å². The van der Waals surface area contributed by atoms with Gasteiger partial charge in [-0.25, -0.2) is 4.98 Å². The Morgan fingerprint density at radius 3 is 2.53 bits per heavy atom. The van der Waals surface area contributed by atoms with Crippen LogP contribution in [0.4, 0.5) is 5.69 Å². The lowest BCUT2D eigenvalue weighted by Crippen LogP contribution is -2.18. The summed E-state index contributed by atoms with van der Waals surface area (Å²) < 4.78 is 0. The Bertz CT molecular complexity index is 368. The zero-order valence-corrected chi connectivity index (χ0v) is 10.3. The van der Waals surface area contributed by atoms with E-state index in [0.717, 1.165) is 5.56 Å². The summed E-state index contributed by atoms with van der Waals surface area (Å²) in [5.41, 5.74) is 1.33. The Kier molecular flexibility index (Phi) is 3.94. The number of anilines is 1. The van der Waals surface area contributed by atoms with Gasteiger partial charge in [0.25, 0.3) is 0 Å². The van der Waals surface area contributed by atoms with Gasteiger partial charge in [-0.1, -0.05) is 37.0 Å². The van der Waals surface area contributed by atoms with E-state index in [1.165, 1.54) is 0 Å². The number of pyridine rings is 1. The minimum Gasteiger partial charge on any atom is -0.323 e. The van der Waals surface area contributed by atoms with Gasteiger partial charge < -0.3 is 5.32 Å². The fraction of sp³-hybridized carbons (Fsp3) is 0.400. The maximum absolute atomic E-state index is 11.5. The second kappa shape index (κ2) is 4.81. The van der Waals surface area contributed by atoms with Gasteiger partial charge in [0.05, 0.1) is 5.69 Å². The molecule has 0 bridgehead atoms. The van der Waals surface area contributed by atoms with Crippen LogP contribution in [0.3, 0.4) is 0 Å². The van der Waals surface area contributed by atoms with E-state index in [9.17, 15) is 4.79 Å². The first-order chi connectivity index (χ1) is 6.91. The van der Waals surface area contributed by atoms with Crippen molar-refractivity contribution in [2.45, 2.75) is 20.8 Å². The highest BCUT2D eigenvalue weighted by atomic mass is 35.5. The lowest BCUT2D eigenvalue weighted by Gasteiger charge is -2.11. The molecule has 0 aliphatic rings. The van der Waals surface area contributed by atoms with Crippen molar-refractivity contribution in [1.29, 1.82) is 0 Å². The third-order valence-corrected chi connectivity index (χ3v) is 2.38. The van der Waals surface area contributed by atoms with Crippen molar-refractivity contribution >= 4 is 34.8 Å². The average molecular weight is 247 g/mol. The Hall–Kier alpha value is -0.800. The molecule has 0 aromatic carbocycles. The third-order valence-electron chi connectivity index (χ3n) is 1.91. The zero-order chi connectivity index (χ0) is 11.6. The number of nitrogens with zero attached hydrogens (tertiary/aromatic N) is 1. The van der Waals surface area contributed by atoms with Crippen LogP contribution in [-0.2, 0) is 4.79 Å². The van der Waals surface area contributed by atoms with Crippen LogP contribution in [0.5, 0.6) is 0 Å². The molecule has 1 aromatic rings. The van der Waals surface area contributed by atoms with Gasteiger partial charge in [0.1, 0.15) is 5.15 Å². The molecule has 1 N–H and O–H groups in total. The highest BCUT2D eigenvalue weighted by Gasteiger charge is 2.13. The highest BCUT2D eigenvalue weighted by molar-refractivity contribution is 6.34. The maximum Gasteiger partial charge on any atom is 0.227 e. The molecule has 0 atom stereocenters. The Labute approximate surface area is 98.8 Å². The molecule has 0 spiro atoms. The van der Waals surface area contributed by atoms with Crippen LogP contribution < -0.4 is 5.32 Å². The Balaban J connectivity index is 3.00. The van der Waals surface area contributed by atoms with Crippen LogP contribution in [0, 0.1) is 12.8 Å². The molecule has 0 radical (unpaired) electrons. The molecular weight excluding hydrogens is 235 g/mol. The van der Waals surface area contributed by atoms with Crippen LogP contribution in [0.1, 0.15) is 19.4 Å². The lowest BCUT2D eigenvalue weighted by molar-refractivity contribution is -0.118. The predicted molar refractivity (Wildman–Crippen MR) is 62.5 cm³/mol. The Morgan fingerprint density at radius 2 is 2.07 bits per heavy atom. The number of carbonyl (C=O) groups excluding carboxylic acids is 1. The molecular formula is C10H12Cl2N2O. The van der Waals surface area contributed by atoms with Crippen LogP contribution in [0.25, 0.3) is 0 Å². The van der Waals surface area contributed by atoms with Crippen molar-refractivity contribution in [1.82, 2.24) is 4.98 Å². The summed E-state index contributed by atoms with van der Waals surface area (Å²) in [7, 11) is 0. The minimum atomic E-state index is -0.101. The van der Waals surface area contributed by atoms with Gasteiger partial charge >= 0.3 is 0 Å². The summed E-state index contributed by atoms with van der Waals surface area (Å²) in [5.74, 6) is -0.194. The van der Waals surface area contributed by atoms with Crippen molar-refractivity contribution in [2.75, 3.05) is 5.32 Å². The van der Waals surface area contributed by atoms with Gasteiger partial charge in [0, 0.05) is 5.92 Å². The predicted octanol–water partition coefficient (Wildman–Crippen LogP) is 3.29. The molecule has 1 amide bonds. The van der Waals surface area contributed by atoms with Crippen molar-refractivity contribution < 1.29 is 4.79 Å². The van der Waals surface area contributed by atoms with E-state index in [1.54, 1.807) is 6.07 Å². The smallest absolute Gasteiger partial charge is 0.227 e. The normalized spacial score (nSPS) is 10.5. The monoisotopic (exact) mass is 246 g/mol. The number of halogens is 2. The number of aryl methyl sites for hydroxylation is 1. The van der Waals surface area contributed by atoms with Crippen LogP contribution in [0.2, 0.25) is 10.3 Å². The number of carbonyl (C=O) groups is 1. The molecule has 15 heavy (non-hydrogen) atoms. The molecule has 1 rings (SSSR count). The van der Waals surface area contributed by atoms with Gasteiger partial charge in [-0.05, 0) is 18.6 Å². The van der Waals surface area contributed by atoms with Crippen molar-refractivity contribution in [3.8, 4) is 0 Å². The average Bonchev–Trinajstić information content (AvgIpc) is 2.10. The molecule has 82 valence electrons. The first kappa shape index (κ1) is 12.3. The second-order valence-electron chi connectivity index (χ2n) is 3.57. The molecule has 0 saturated heterocycles. The summed E-state index contributed by atoms with van der Waals surface area (Å²) in [6.07, 6.45) is 0. The number of amides is 1. The van der Waals surface area contributed by atoms with Gasteiger partial charge in [0.15, 0.2) is 5.15 Å². The first-order valence-corrected chi connectivity index (χ1v) is 5.31. The van der Waals surface area contributed by atoms with Gasteiger partial charge in [-0.2, -0.15) is 0 Å². The fourth-order valence-electron chi connectivity index (χ4n) is 1.01. The highest BCUT2D eigenvalue weighted by Crippen LogP contribution is 2.26. The summed E-state index contributed by atoms with van der Waals surface area (Å²) in [5, 5.41) is 3.25. The van der Waals surface area contributed by atoms with E-state index < -0.39 is 0 Å². The number of nitrogens with one attached hydrogen (secondary N) is 1. The van der Waals surface area contributed by atoms with E-state index in [2.05, 4.69) is 10.3 Å². The van der Waals surface area contributed by atoms with E-state index in [0.29, 0.717) is 10.8 Å². The largest absolute Gasteiger partial charge is 0.323 e. The number of hydrogen-bond donors (Lipinski definition) is 1. The van der Waals surface area contributed by atoms with E-state index in [4.69, 9.17) is 23.2 Å². The molecule has 0 aliphatic carbocycles. The number of hydrogen-bond acceptors (Lipinski definition) is 2. The molecule has 0 fully saturated rings. The quantitative estimate of drug-likeness (QED) is 0.814. The van der Waals surface area contributed by atoms with Crippen molar-refractivity contribution in [3.05, 3.63) is 21.9 Å². The molecule has 0 unspecified atom stereocenters. The standard InChI is InChI=1S/C10H12Cl2N2O/c1-5(2)10(15)14-8-6(3)4-7(11)13-9(8)12/h4-5H,1-3H3,(H,14,15). The molecule has 1 heterocycles. The van der Waals surface area contributed by atoms with Gasteiger partial charge in [-0.15, -0.1) is 0 Å².